The second-order valence-corrected chi connectivity index (χ2v) is 7.69. The molecule has 3 aromatic rings. The van der Waals surface area contributed by atoms with Crippen LogP contribution in [0.5, 0.6) is 0 Å². The lowest BCUT2D eigenvalue weighted by Gasteiger charge is -2.34. The Labute approximate surface area is 182 Å². The van der Waals surface area contributed by atoms with Crippen molar-refractivity contribution in [3.63, 3.8) is 0 Å². The fourth-order valence-corrected chi connectivity index (χ4v) is 3.84. The fraction of sp³-hybridized carbons (Fsp3) is 0.227. The Kier molecular flexibility index (Phi) is 5.84. The highest BCUT2D eigenvalue weighted by Crippen LogP contribution is 2.40. The molecule has 1 saturated heterocycles. The van der Waals surface area contributed by atoms with Crippen LogP contribution in [0.3, 0.4) is 0 Å². The number of benzene rings is 2. The summed E-state index contributed by atoms with van der Waals surface area (Å²) in [6.07, 6.45) is 5.92. The first-order valence-corrected chi connectivity index (χ1v) is 9.93. The minimum atomic E-state index is -1.27. The standard InChI is InChI=1S/C22H19ClF2N4O2/c1-15-22(11-28-13-26-12-27-28,19-8-7-18(24)10-20(19)25)31-14-29(15)21(30)9-4-16-2-5-17(23)6-3-16/h2-10,12-13,15H,11,14H2,1H3/b9-4+. The average Bonchev–Trinajstić information content (AvgIpc) is 3.36. The topological polar surface area (TPSA) is 60.2 Å². The monoisotopic (exact) mass is 444 g/mol. The summed E-state index contributed by atoms with van der Waals surface area (Å²) in [5.41, 5.74) is -0.312. The van der Waals surface area contributed by atoms with Crippen LogP contribution in [0.4, 0.5) is 8.78 Å². The number of rotatable bonds is 5. The van der Waals surface area contributed by atoms with Crippen molar-refractivity contribution in [1.29, 1.82) is 0 Å². The van der Waals surface area contributed by atoms with Gasteiger partial charge in [-0.05, 0) is 36.8 Å². The molecule has 160 valence electrons. The molecule has 9 heteroatoms. The van der Waals surface area contributed by atoms with Crippen LogP contribution in [0.1, 0.15) is 18.1 Å². The maximum atomic E-state index is 14.8. The Morgan fingerprint density at radius 3 is 2.74 bits per heavy atom. The number of carbonyl (C=O) groups excluding carboxylic acids is 1. The summed E-state index contributed by atoms with van der Waals surface area (Å²) in [6.45, 7) is 1.80. The van der Waals surface area contributed by atoms with Gasteiger partial charge in [0.2, 0.25) is 5.91 Å². The van der Waals surface area contributed by atoms with E-state index in [0.29, 0.717) is 5.02 Å². The molecule has 2 heterocycles. The summed E-state index contributed by atoms with van der Waals surface area (Å²) in [7, 11) is 0. The third kappa shape index (κ3) is 4.22. The summed E-state index contributed by atoms with van der Waals surface area (Å²) in [4.78, 5) is 18.3. The van der Waals surface area contributed by atoms with Gasteiger partial charge in [-0.3, -0.25) is 4.79 Å². The molecule has 1 aliphatic rings. The highest BCUT2D eigenvalue weighted by Gasteiger charge is 2.51. The van der Waals surface area contributed by atoms with E-state index >= 15 is 0 Å². The number of hydrogen-bond donors (Lipinski definition) is 0. The van der Waals surface area contributed by atoms with E-state index in [1.54, 1.807) is 37.3 Å². The first kappa shape index (κ1) is 21.1. The molecular weight excluding hydrogens is 426 g/mol. The molecule has 0 N–H and O–H groups in total. The lowest BCUT2D eigenvalue weighted by molar-refractivity contribution is -0.127. The summed E-state index contributed by atoms with van der Waals surface area (Å²) in [5.74, 6) is -1.75. The van der Waals surface area contributed by atoms with Crippen LogP contribution < -0.4 is 0 Å². The molecule has 1 fully saturated rings. The highest BCUT2D eigenvalue weighted by molar-refractivity contribution is 6.30. The van der Waals surface area contributed by atoms with Gasteiger partial charge in [0.15, 0.2) is 0 Å². The molecule has 0 saturated carbocycles. The van der Waals surface area contributed by atoms with Crippen molar-refractivity contribution < 1.29 is 18.3 Å². The van der Waals surface area contributed by atoms with Crippen LogP contribution in [0.25, 0.3) is 6.08 Å². The van der Waals surface area contributed by atoms with Crippen molar-refractivity contribution >= 4 is 23.6 Å². The van der Waals surface area contributed by atoms with E-state index in [2.05, 4.69) is 10.1 Å². The molecule has 0 spiro atoms. The predicted octanol–water partition coefficient (Wildman–Crippen LogP) is 4.02. The van der Waals surface area contributed by atoms with Crippen molar-refractivity contribution in [1.82, 2.24) is 19.7 Å². The van der Waals surface area contributed by atoms with Gasteiger partial charge in [0.25, 0.3) is 0 Å². The van der Waals surface area contributed by atoms with Gasteiger partial charge in [0.1, 0.15) is 36.6 Å². The van der Waals surface area contributed by atoms with Crippen molar-refractivity contribution in [2.45, 2.75) is 25.1 Å². The summed E-state index contributed by atoms with van der Waals surface area (Å²) >= 11 is 5.89. The van der Waals surface area contributed by atoms with E-state index < -0.39 is 23.3 Å². The van der Waals surface area contributed by atoms with Crippen LogP contribution in [-0.2, 0) is 21.7 Å². The van der Waals surface area contributed by atoms with Crippen LogP contribution in [0, 0.1) is 11.6 Å². The normalized spacial score (nSPS) is 21.2. The SMILES string of the molecule is CC1N(C(=O)/C=C/c2ccc(Cl)cc2)COC1(Cn1cncn1)c1ccc(F)cc1F. The Bertz CT molecular complexity index is 1110. The zero-order valence-corrected chi connectivity index (χ0v) is 17.3. The summed E-state index contributed by atoms with van der Waals surface area (Å²) < 4.78 is 35.9. The molecule has 0 radical (unpaired) electrons. The van der Waals surface area contributed by atoms with Crippen LogP contribution in [0.15, 0.2) is 61.2 Å². The molecule has 6 nitrogen and oxygen atoms in total. The first-order valence-electron chi connectivity index (χ1n) is 9.55. The maximum absolute atomic E-state index is 14.8. The third-order valence-corrected chi connectivity index (χ3v) is 5.68. The molecule has 2 atom stereocenters. The van der Waals surface area contributed by atoms with Gasteiger partial charge in [-0.25, -0.2) is 18.4 Å². The predicted molar refractivity (Wildman–Crippen MR) is 111 cm³/mol. The third-order valence-electron chi connectivity index (χ3n) is 5.43. The van der Waals surface area contributed by atoms with Gasteiger partial charge >= 0.3 is 0 Å². The minimum absolute atomic E-state index is 0.0591. The molecule has 0 bridgehead atoms. The Balaban J connectivity index is 1.64. The van der Waals surface area contributed by atoms with Crippen LogP contribution in [0.2, 0.25) is 5.02 Å². The van der Waals surface area contributed by atoms with E-state index in [0.717, 1.165) is 11.6 Å². The molecule has 1 aromatic heterocycles. The Hall–Kier alpha value is -3.10. The molecule has 1 aliphatic heterocycles. The highest BCUT2D eigenvalue weighted by atomic mass is 35.5. The number of carbonyl (C=O) groups is 1. The van der Waals surface area contributed by atoms with Crippen molar-refractivity contribution in [3.8, 4) is 0 Å². The lowest BCUT2D eigenvalue weighted by Crippen LogP contribution is -2.46. The van der Waals surface area contributed by atoms with Gasteiger partial charge < -0.3 is 9.64 Å². The van der Waals surface area contributed by atoms with Gasteiger partial charge in [-0.1, -0.05) is 29.8 Å². The van der Waals surface area contributed by atoms with Gasteiger partial charge in [0, 0.05) is 22.7 Å². The number of nitrogens with zero attached hydrogens (tertiary/aromatic N) is 4. The van der Waals surface area contributed by atoms with E-state index in [1.165, 1.54) is 40.4 Å². The number of ether oxygens (including phenoxy) is 1. The van der Waals surface area contributed by atoms with E-state index in [9.17, 15) is 13.6 Å². The Morgan fingerprint density at radius 1 is 1.29 bits per heavy atom. The quantitative estimate of drug-likeness (QED) is 0.558. The van der Waals surface area contributed by atoms with Crippen LogP contribution >= 0.6 is 11.6 Å². The fourth-order valence-electron chi connectivity index (χ4n) is 3.71. The largest absolute Gasteiger partial charge is 0.346 e. The number of amides is 1. The van der Waals surface area contributed by atoms with E-state index in [1.807, 2.05) is 0 Å². The zero-order valence-electron chi connectivity index (χ0n) is 16.6. The number of halogens is 3. The smallest absolute Gasteiger partial charge is 0.248 e. The molecule has 4 rings (SSSR count). The van der Waals surface area contributed by atoms with Gasteiger partial charge in [-0.15, -0.1) is 0 Å². The van der Waals surface area contributed by atoms with Crippen molar-refractivity contribution in [3.05, 3.63) is 89.0 Å². The molecular formula is C22H19ClF2N4O2. The van der Waals surface area contributed by atoms with Crippen molar-refractivity contribution in [2.75, 3.05) is 6.73 Å². The maximum Gasteiger partial charge on any atom is 0.248 e. The second kappa shape index (κ2) is 8.56. The second-order valence-electron chi connectivity index (χ2n) is 7.25. The average molecular weight is 445 g/mol. The molecule has 2 unspecified atom stereocenters. The molecule has 1 amide bonds. The first-order chi connectivity index (χ1) is 14.9. The minimum Gasteiger partial charge on any atom is -0.346 e. The van der Waals surface area contributed by atoms with Crippen molar-refractivity contribution in [2.24, 2.45) is 0 Å². The molecule has 0 aliphatic carbocycles. The van der Waals surface area contributed by atoms with E-state index in [4.69, 9.17) is 16.3 Å². The van der Waals surface area contributed by atoms with Gasteiger partial charge in [-0.2, -0.15) is 5.10 Å². The number of hydrogen-bond acceptors (Lipinski definition) is 4. The molecule has 31 heavy (non-hydrogen) atoms. The number of aromatic nitrogens is 3. The van der Waals surface area contributed by atoms with Gasteiger partial charge in [0.05, 0.1) is 12.6 Å². The Morgan fingerprint density at radius 2 is 2.06 bits per heavy atom. The zero-order chi connectivity index (χ0) is 22.0. The molecule has 2 aromatic carbocycles. The van der Waals surface area contributed by atoms with E-state index in [-0.39, 0.29) is 24.7 Å². The summed E-state index contributed by atoms with van der Waals surface area (Å²) in [5, 5.41) is 4.69. The summed E-state index contributed by atoms with van der Waals surface area (Å²) in [6, 6.07) is 9.79. The lowest BCUT2D eigenvalue weighted by atomic mass is 9.86. The van der Waals surface area contributed by atoms with Crippen LogP contribution in [-0.4, -0.2) is 38.3 Å².